The van der Waals surface area contributed by atoms with Crippen LogP contribution >= 0.6 is 0 Å². The Bertz CT molecular complexity index is 1230. The summed E-state index contributed by atoms with van der Waals surface area (Å²) in [5.74, 6) is -0.0417. The van der Waals surface area contributed by atoms with E-state index in [1.54, 1.807) is 6.20 Å². The number of carbonyl (C=O) groups excluding carboxylic acids is 1. The Morgan fingerprint density at radius 1 is 1.03 bits per heavy atom. The number of nitrogens with zero attached hydrogens (tertiary/aromatic N) is 3. The Labute approximate surface area is 182 Å². The molecule has 1 fully saturated rings. The lowest BCUT2D eigenvalue weighted by Crippen LogP contribution is -2.31. The molecule has 1 N–H and O–H groups in total. The molecule has 1 amide bonds. The minimum Gasteiger partial charge on any atom is -0.351 e. The summed E-state index contributed by atoms with van der Waals surface area (Å²) in [7, 11) is 1.96. The molecule has 0 spiro atoms. The standard InChI is InChI=1S/C26H26N4O/c1-18-3-6-22(15-27-18)25(31)28-17-26(11-12-26)14-19-4-7-20(8-5-19)21-9-10-24-23(13-21)16-29-30(24)2/h3-10,13,15-16H,11-12,14,17H2,1-2H3,(H,28,31). The van der Waals surface area contributed by atoms with Crippen molar-refractivity contribution in [1.82, 2.24) is 20.1 Å². The summed E-state index contributed by atoms with van der Waals surface area (Å²) in [5.41, 5.74) is 6.58. The number of hydrogen-bond acceptors (Lipinski definition) is 3. The Morgan fingerprint density at radius 2 is 1.81 bits per heavy atom. The van der Waals surface area contributed by atoms with Crippen LogP contribution < -0.4 is 5.32 Å². The lowest BCUT2D eigenvalue weighted by atomic mass is 9.94. The molecule has 0 atom stereocenters. The van der Waals surface area contributed by atoms with E-state index in [4.69, 9.17) is 0 Å². The van der Waals surface area contributed by atoms with E-state index in [-0.39, 0.29) is 11.3 Å². The number of aromatic nitrogens is 3. The number of carbonyl (C=O) groups is 1. The van der Waals surface area contributed by atoms with Gasteiger partial charge in [0.25, 0.3) is 5.91 Å². The quantitative estimate of drug-likeness (QED) is 0.501. The van der Waals surface area contributed by atoms with Crippen molar-refractivity contribution < 1.29 is 4.79 Å². The van der Waals surface area contributed by atoms with E-state index in [1.807, 2.05) is 37.0 Å². The molecule has 0 unspecified atom stereocenters. The maximum Gasteiger partial charge on any atom is 0.252 e. The fourth-order valence-electron chi connectivity index (χ4n) is 4.16. The summed E-state index contributed by atoms with van der Waals surface area (Å²) < 4.78 is 1.89. The van der Waals surface area contributed by atoms with Crippen molar-refractivity contribution in [3.63, 3.8) is 0 Å². The number of fused-ring (bicyclic) bond motifs is 1. The van der Waals surface area contributed by atoms with E-state index in [0.29, 0.717) is 12.1 Å². The third-order valence-electron chi connectivity index (χ3n) is 6.37. The van der Waals surface area contributed by atoms with E-state index in [2.05, 4.69) is 57.9 Å². The second-order valence-corrected chi connectivity index (χ2v) is 8.79. The highest BCUT2D eigenvalue weighted by atomic mass is 16.1. The Balaban J connectivity index is 1.23. The zero-order chi connectivity index (χ0) is 21.4. The summed E-state index contributed by atoms with van der Waals surface area (Å²) in [5, 5.41) is 8.59. The second-order valence-electron chi connectivity index (χ2n) is 8.79. The first-order chi connectivity index (χ1) is 15.0. The van der Waals surface area contributed by atoms with Crippen molar-refractivity contribution in [3.8, 4) is 11.1 Å². The average Bonchev–Trinajstić information content (AvgIpc) is 3.46. The molecule has 5 rings (SSSR count). The molecule has 156 valence electrons. The van der Waals surface area contributed by atoms with Crippen LogP contribution in [0.3, 0.4) is 0 Å². The van der Waals surface area contributed by atoms with Gasteiger partial charge < -0.3 is 5.32 Å². The summed E-state index contributed by atoms with van der Waals surface area (Å²) in [6, 6.07) is 19.0. The van der Waals surface area contributed by atoms with Crippen LogP contribution in [0.5, 0.6) is 0 Å². The van der Waals surface area contributed by atoms with Crippen LogP contribution in [0.2, 0.25) is 0 Å². The molecule has 1 aliphatic carbocycles. The predicted molar refractivity (Wildman–Crippen MR) is 123 cm³/mol. The van der Waals surface area contributed by atoms with Crippen LogP contribution in [0.25, 0.3) is 22.0 Å². The second kappa shape index (κ2) is 7.65. The van der Waals surface area contributed by atoms with E-state index in [1.165, 1.54) is 16.7 Å². The smallest absolute Gasteiger partial charge is 0.252 e. The lowest BCUT2D eigenvalue weighted by molar-refractivity contribution is 0.0944. The highest BCUT2D eigenvalue weighted by molar-refractivity contribution is 5.93. The molecule has 0 aliphatic heterocycles. The Morgan fingerprint density at radius 3 is 2.52 bits per heavy atom. The fourth-order valence-corrected chi connectivity index (χ4v) is 4.16. The van der Waals surface area contributed by atoms with Gasteiger partial charge in [-0.2, -0.15) is 5.10 Å². The maximum atomic E-state index is 12.4. The molecule has 2 aromatic carbocycles. The summed E-state index contributed by atoms with van der Waals surface area (Å²) in [4.78, 5) is 16.6. The molecule has 5 nitrogen and oxygen atoms in total. The fraction of sp³-hybridized carbons (Fsp3) is 0.269. The van der Waals surface area contributed by atoms with Gasteiger partial charge in [-0.1, -0.05) is 30.3 Å². The first-order valence-corrected chi connectivity index (χ1v) is 10.7. The summed E-state index contributed by atoms with van der Waals surface area (Å²) in [6.45, 7) is 2.63. The normalized spacial score (nSPS) is 14.5. The first kappa shape index (κ1) is 19.5. The first-order valence-electron chi connectivity index (χ1n) is 10.7. The van der Waals surface area contributed by atoms with Gasteiger partial charge in [0.05, 0.1) is 17.3 Å². The van der Waals surface area contributed by atoms with Crippen LogP contribution in [0, 0.1) is 12.3 Å². The number of nitrogens with one attached hydrogen (secondary N) is 1. The Hall–Kier alpha value is -3.47. The van der Waals surface area contributed by atoms with Gasteiger partial charge in [0, 0.05) is 30.9 Å². The third kappa shape index (κ3) is 4.08. The van der Waals surface area contributed by atoms with Crippen molar-refractivity contribution >= 4 is 16.8 Å². The zero-order valence-electron chi connectivity index (χ0n) is 17.9. The van der Waals surface area contributed by atoms with Crippen LogP contribution in [0.15, 0.2) is 67.0 Å². The van der Waals surface area contributed by atoms with Gasteiger partial charge in [-0.05, 0) is 72.6 Å². The molecule has 4 aromatic rings. The molecular formula is C26H26N4O. The topological polar surface area (TPSA) is 59.8 Å². The summed E-state index contributed by atoms with van der Waals surface area (Å²) in [6.07, 6.45) is 6.84. The Kier molecular flexibility index (Phi) is 4.81. The van der Waals surface area contributed by atoms with E-state index in [0.717, 1.165) is 35.9 Å². The van der Waals surface area contributed by atoms with Crippen molar-refractivity contribution in [1.29, 1.82) is 0 Å². The van der Waals surface area contributed by atoms with Gasteiger partial charge in [-0.3, -0.25) is 14.5 Å². The molecular weight excluding hydrogens is 384 g/mol. The number of aryl methyl sites for hydroxylation is 2. The number of amides is 1. The SMILES string of the molecule is Cc1ccc(C(=O)NCC2(Cc3ccc(-c4ccc5c(cnn5C)c4)cc3)CC2)cn1. The van der Waals surface area contributed by atoms with E-state index in [9.17, 15) is 4.79 Å². The predicted octanol–water partition coefficient (Wildman–Crippen LogP) is 4.70. The van der Waals surface area contributed by atoms with Crippen molar-refractivity contribution in [2.24, 2.45) is 12.5 Å². The minimum absolute atomic E-state index is 0.0417. The number of benzene rings is 2. The van der Waals surface area contributed by atoms with Crippen molar-refractivity contribution in [2.45, 2.75) is 26.2 Å². The number of pyridine rings is 1. The highest BCUT2D eigenvalue weighted by Crippen LogP contribution is 2.48. The minimum atomic E-state index is -0.0417. The third-order valence-corrected chi connectivity index (χ3v) is 6.37. The highest BCUT2D eigenvalue weighted by Gasteiger charge is 2.42. The molecule has 0 radical (unpaired) electrons. The van der Waals surface area contributed by atoms with Gasteiger partial charge in [-0.15, -0.1) is 0 Å². The zero-order valence-corrected chi connectivity index (χ0v) is 17.9. The molecule has 0 bridgehead atoms. The van der Waals surface area contributed by atoms with Crippen LogP contribution in [-0.4, -0.2) is 27.2 Å². The maximum absolute atomic E-state index is 12.4. The molecule has 2 aromatic heterocycles. The molecule has 0 saturated heterocycles. The van der Waals surface area contributed by atoms with Gasteiger partial charge in [-0.25, -0.2) is 0 Å². The lowest BCUT2D eigenvalue weighted by Gasteiger charge is -2.16. The van der Waals surface area contributed by atoms with Crippen molar-refractivity contribution in [2.75, 3.05) is 6.54 Å². The summed E-state index contributed by atoms with van der Waals surface area (Å²) >= 11 is 0. The largest absolute Gasteiger partial charge is 0.351 e. The van der Waals surface area contributed by atoms with Crippen LogP contribution in [0.1, 0.15) is 34.5 Å². The van der Waals surface area contributed by atoms with Gasteiger partial charge in [0.2, 0.25) is 0 Å². The van der Waals surface area contributed by atoms with Gasteiger partial charge >= 0.3 is 0 Å². The van der Waals surface area contributed by atoms with Crippen LogP contribution in [0.4, 0.5) is 0 Å². The van der Waals surface area contributed by atoms with Gasteiger partial charge in [0.15, 0.2) is 0 Å². The van der Waals surface area contributed by atoms with Crippen LogP contribution in [-0.2, 0) is 13.5 Å². The van der Waals surface area contributed by atoms with E-state index >= 15 is 0 Å². The number of hydrogen-bond donors (Lipinski definition) is 1. The molecule has 1 saturated carbocycles. The molecule has 2 heterocycles. The average molecular weight is 411 g/mol. The van der Waals surface area contributed by atoms with Crippen molar-refractivity contribution in [3.05, 3.63) is 83.8 Å². The molecule has 1 aliphatic rings. The molecule has 5 heteroatoms. The van der Waals surface area contributed by atoms with E-state index < -0.39 is 0 Å². The van der Waals surface area contributed by atoms with Gasteiger partial charge in [0.1, 0.15) is 0 Å². The monoisotopic (exact) mass is 410 g/mol. The molecule has 31 heavy (non-hydrogen) atoms. The number of rotatable bonds is 6.